The Balaban J connectivity index is 2.21. The summed E-state index contributed by atoms with van der Waals surface area (Å²) in [4.78, 5) is 0. The third kappa shape index (κ3) is 4.86. The average Bonchev–Trinajstić information content (AvgIpc) is 2.70. The van der Waals surface area contributed by atoms with Crippen molar-refractivity contribution < 1.29 is 4.74 Å². The van der Waals surface area contributed by atoms with Crippen molar-refractivity contribution in [3.63, 3.8) is 0 Å². The summed E-state index contributed by atoms with van der Waals surface area (Å²) in [6.07, 6.45) is 2.17. The molecule has 0 aliphatic heterocycles. The van der Waals surface area contributed by atoms with Crippen LogP contribution in [-0.2, 0) is 24.2 Å². The molecule has 0 unspecified atom stereocenters. The van der Waals surface area contributed by atoms with E-state index in [0.717, 1.165) is 12.8 Å². The number of hydrogen-bond acceptors (Lipinski definition) is 1. The van der Waals surface area contributed by atoms with Gasteiger partial charge in [-0.2, -0.15) is 0 Å². The Bertz CT molecular complexity index is 853. The number of hydrogen-bond donors (Lipinski definition) is 0. The van der Waals surface area contributed by atoms with Gasteiger partial charge in [0, 0.05) is 0 Å². The molecule has 0 radical (unpaired) electrons. The Morgan fingerprint density at radius 2 is 1.37 bits per heavy atom. The van der Waals surface area contributed by atoms with Gasteiger partial charge in [-0.1, -0.05) is 0 Å². The number of ether oxygens (including phenoxy) is 1. The first-order valence-corrected chi connectivity index (χ1v) is 14.9. The molecule has 1 nitrogen and oxygen atoms in total. The Labute approximate surface area is 172 Å². The fraction of sp³-hybridized carbons (Fsp3) is 0.280. The maximum absolute atomic E-state index is 5.57. The number of rotatable bonds is 7. The van der Waals surface area contributed by atoms with E-state index in [2.05, 4.69) is 87.5 Å². The molecule has 0 N–H and O–H groups in total. The summed E-state index contributed by atoms with van der Waals surface area (Å²) in [6.45, 7) is 7.33. The fourth-order valence-corrected chi connectivity index (χ4v) is 13.4. The van der Waals surface area contributed by atoms with Crippen LogP contribution in [0.3, 0.4) is 0 Å². The van der Waals surface area contributed by atoms with Gasteiger partial charge >= 0.3 is 173 Å². The van der Waals surface area contributed by atoms with Crippen LogP contribution < -0.4 is 9.81 Å². The van der Waals surface area contributed by atoms with E-state index in [1.54, 1.807) is 16.9 Å². The van der Waals surface area contributed by atoms with Crippen LogP contribution in [0.1, 0.15) is 36.1 Å². The predicted octanol–water partition coefficient (Wildman–Crippen LogP) is 3.78. The molecule has 0 fully saturated rings. The van der Waals surface area contributed by atoms with Crippen LogP contribution in [0.5, 0.6) is 0 Å². The van der Waals surface area contributed by atoms with E-state index >= 15 is 0 Å². The first-order valence-electron chi connectivity index (χ1n) is 9.72. The third-order valence-electron chi connectivity index (χ3n) is 4.93. The van der Waals surface area contributed by atoms with Crippen LogP contribution in [0.15, 0.2) is 66.7 Å². The van der Waals surface area contributed by atoms with Crippen molar-refractivity contribution in [2.45, 2.75) is 40.2 Å². The molecule has 3 aromatic carbocycles. The Morgan fingerprint density at radius 3 is 1.89 bits per heavy atom. The van der Waals surface area contributed by atoms with Gasteiger partial charge in [0.1, 0.15) is 0 Å². The van der Waals surface area contributed by atoms with Gasteiger partial charge in [0.15, 0.2) is 0 Å². The zero-order valence-corrected chi connectivity index (χ0v) is 20.3. The summed E-state index contributed by atoms with van der Waals surface area (Å²) >= 11 is -2.40. The topological polar surface area (TPSA) is 9.23 Å². The first-order chi connectivity index (χ1) is 13.2. The summed E-state index contributed by atoms with van der Waals surface area (Å²) in [5.74, 6) is 0. The second kappa shape index (κ2) is 9.62. The molecule has 0 saturated heterocycles. The second-order valence-corrected chi connectivity index (χ2v) is 15.4. The summed E-state index contributed by atoms with van der Waals surface area (Å²) in [5, 5.41) is 0. The van der Waals surface area contributed by atoms with Crippen LogP contribution in [0.4, 0.5) is 0 Å². The third-order valence-corrected chi connectivity index (χ3v) is 14.7. The average molecular weight is 554 g/mol. The molecule has 0 heterocycles. The first kappa shape index (κ1) is 20.2. The van der Waals surface area contributed by atoms with E-state index in [-0.39, 0.29) is 0 Å². The summed E-state index contributed by atoms with van der Waals surface area (Å²) in [5.41, 5.74) is 5.53. The number of aryl methyl sites for hydroxylation is 3. The van der Waals surface area contributed by atoms with Crippen molar-refractivity contribution in [1.29, 1.82) is 0 Å². The van der Waals surface area contributed by atoms with E-state index < -0.39 is 21.8 Å². The summed E-state index contributed by atoms with van der Waals surface area (Å²) < 4.78 is 10.2. The zero-order valence-electron chi connectivity index (χ0n) is 16.8. The Hall–Kier alpha value is -1.50. The molecule has 0 aliphatic carbocycles. The van der Waals surface area contributed by atoms with Gasteiger partial charge in [0.25, 0.3) is 0 Å². The molecule has 0 aliphatic rings. The van der Waals surface area contributed by atoms with Crippen LogP contribution in [-0.4, -0.2) is 28.9 Å². The zero-order chi connectivity index (χ0) is 19.2. The van der Waals surface area contributed by atoms with Gasteiger partial charge in [-0.15, -0.1) is 0 Å². The molecular formula is C25H29BiO. The molecule has 0 spiro atoms. The van der Waals surface area contributed by atoms with E-state index in [1.807, 2.05) is 0 Å². The second-order valence-electron chi connectivity index (χ2n) is 6.95. The molecule has 3 aromatic rings. The molecule has 0 bridgehead atoms. The van der Waals surface area contributed by atoms with Gasteiger partial charge in [0.05, 0.1) is 0 Å². The van der Waals surface area contributed by atoms with Crippen LogP contribution >= 0.6 is 0 Å². The summed E-state index contributed by atoms with van der Waals surface area (Å²) in [6, 6.07) is 25.5. The monoisotopic (exact) mass is 554 g/mol. The van der Waals surface area contributed by atoms with Gasteiger partial charge in [-0.3, -0.25) is 0 Å². The van der Waals surface area contributed by atoms with E-state index in [9.17, 15) is 0 Å². The van der Waals surface area contributed by atoms with Crippen molar-refractivity contribution in [1.82, 2.24) is 0 Å². The van der Waals surface area contributed by atoms with Gasteiger partial charge in [-0.05, 0) is 0 Å². The maximum atomic E-state index is 5.57. The molecular weight excluding hydrogens is 525 g/mol. The molecule has 0 atom stereocenters. The van der Waals surface area contributed by atoms with Crippen molar-refractivity contribution in [2.24, 2.45) is 0 Å². The Kier molecular flexibility index (Phi) is 7.22. The molecule has 0 saturated carbocycles. The van der Waals surface area contributed by atoms with Crippen molar-refractivity contribution in [3.05, 3.63) is 89.0 Å². The molecule has 0 aromatic heterocycles. The number of methoxy groups -OCH3 is 1. The minimum absolute atomic E-state index is 0.684. The standard InChI is InChI=1S/C9H11O.2C8H9.Bi/c1-8-4-3-5-9(6-8)7-10-2;2*1-2-8-6-4-3-5-7-8;/h3-4,6H,7H2,1-2H3;2*3-4,6-7H,2H2,1H3;. The van der Waals surface area contributed by atoms with E-state index in [0.29, 0.717) is 6.61 Å². The Morgan fingerprint density at radius 1 is 0.778 bits per heavy atom. The fourth-order valence-electron chi connectivity index (χ4n) is 3.46. The molecule has 27 heavy (non-hydrogen) atoms. The SMILES string of the molecule is CCc1ccc[c]([Bi]([c]2cccc(CC)c2)[c]2ccc(C)cc2COC)c1. The van der Waals surface area contributed by atoms with Crippen molar-refractivity contribution >= 4 is 31.6 Å². The van der Waals surface area contributed by atoms with E-state index in [4.69, 9.17) is 4.74 Å². The molecule has 3 rings (SSSR count). The van der Waals surface area contributed by atoms with Crippen molar-refractivity contribution in [3.8, 4) is 0 Å². The molecule has 140 valence electrons. The normalized spacial score (nSPS) is 11.1. The minimum atomic E-state index is -2.40. The number of benzene rings is 3. The van der Waals surface area contributed by atoms with Gasteiger partial charge in [0.2, 0.25) is 0 Å². The van der Waals surface area contributed by atoms with Gasteiger partial charge in [-0.25, -0.2) is 0 Å². The van der Waals surface area contributed by atoms with Crippen LogP contribution in [0.2, 0.25) is 0 Å². The van der Waals surface area contributed by atoms with Crippen LogP contribution in [0.25, 0.3) is 0 Å². The summed E-state index contributed by atoms with van der Waals surface area (Å²) in [7, 11) is 1.80. The quantitative estimate of drug-likeness (QED) is 0.404. The van der Waals surface area contributed by atoms with E-state index in [1.165, 1.54) is 22.3 Å². The molecule has 2 heteroatoms. The molecule has 0 amide bonds. The van der Waals surface area contributed by atoms with Crippen molar-refractivity contribution in [2.75, 3.05) is 7.11 Å². The van der Waals surface area contributed by atoms with Gasteiger partial charge < -0.3 is 0 Å². The van der Waals surface area contributed by atoms with Crippen LogP contribution in [0, 0.1) is 6.92 Å². The predicted molar refractivity (Wildman–Crippen MR) is 118 cm³/mol.